The molecule has 1 atom stereocenters. The first kappa shape index (κ1) is 26.3. The fourth-order valence-electron chi connectivity index (χ4n) is 4.77. The standard InChI is InChI=1S/C27H27F3N6O3/c1-16(23-13-19(38-4)5-6-32-23)36-9-10-39-24-20(22-15-34(3)33-25(22)27(28,29)30)11-18(12-21(24)26(36)37)14-35-8-7-31-17(35)2/h5-8,11-13,15-16H,9-10,14H2,1-4H3/t16-/m0/s1. The zero-order valence-electron chi connectivity index (χ0n) is 21.9. The number of carbonyl (C=O) groups excluding carboxylic acids is 1. The van der Waals surface area contributed by atoms with Crippen molar-refractivity contribution < 1.29 is 27.4 Å². The van der Waals surface area contributed by atoms with Crippen LogP contribution in [0, 0.1) is 6.92 Å². The maximum atomic E-state index is 14.0. The van der Waals surface area contributed by atoms with Crippen LogP contribution in [0.5, 0.6) is 11.5 Å². The second kappa shape index (κ2) is 10.1. The van der Waals surface area contributed by atoms with Gasteiger partial charge in [0, 0.05) is 55.6 Å². The number of aromatic nitrogens is 5. The summed E-state index contributed by atoms with van der Waals surface area (Å²) in [6.45, 7) is 4.26. The first-order chi connectivity index (χ1) is 18.6. The van der Waals surface area contributed by atoms with Crippen LogP contribution in [0.2, 0.25) is 0 Å². The van der Waals surface area contributed by atoms with Crippen LogP contribution in [0.25, 0.3) is 11.1 Å². The molecule has 3 aromatic heterocycles. The van der Waals surface area contributed by atoms with E-state index < -0.39 is 17.9 Å². The Morgan fingerprint density at radius 2 is 1.90 bits per heavy atom. The van der Waals surface area contributed by atoms with E-state index in [0.717, 1.165) is 10.5 Å². The summed E-state index contributed by atoms with van der Waals surface area (Å²) in [5.41, 5.74) is 0.354. The number of hydrogen-bond acceptors (Lipinski definition) is 6. The molecule has 1 aromatic carbocycles. The number of amides is 1. The van der Waals surface area contributed by atoms with Crippen molar-refractivity contribution in [1.29, 1.82) is 0 Å². The predicted octanol–water partition coefficient (Wildman–Crippen LogP) is 4.66. The highest BCUT2D eigenvalue weighted by Gasteiger charge is 2.39. The van der Waals surface area contributed by atoms with Gasteiger partial charge in [0.25, 0.3) is 5.91 Å². The summed E-state index contributed by atoms with van der Waals surface area (Å²) in [6, 6.07) is 6.31. The number of imidazole rings is 1. The van der Waals surface area contributed by atoms with Gasteiger partial charge in [-0.15, -0.1) is 0 Å². The van der Waals surface area contributed by atoms with Crippen LogP contribution < -0.4 is 9.47 Å². The first-order valence-corrected chi connectivity index (χ1v) is 12.3. The summed E-state index contributed by atoms with van der Waals surface area (Å²) in [6.07, 6.45) is 1.61. The van der Waals surface area contributed by atoms with Crippen molar-refractivity contribution in [3.63, 3.8) is 0 Å². The second-order valence-electron chi connectivity index (χ2n) is 9.33. The van der Waals surface area contributed by atoms with E-state index >= 15 is 0 Å². The Balaban J connectivity index is 1.65. The minimum absolute atomic E-state index is 0.0850. The van der Waals surface area contributed by atoms with Gasteiger partial charge in [0.1, 0.15) is 23.9 Å². The lowest BCUT2D eigenvalue weighted by Gasteiger charge is -2.27. The third kappa shape index (κ3) is 5.06. The van der Waals surface area contributed by atoms with Gasteiger partial charge in [0.05, 0.1) is 31.0 Å². The van der Waals surface area contributed by atoms with Crippen LogP contribution in [-0.4, -0.2) is 55.4 Å². The molecule has 0 saturated heterocycles. The molecule has 1 aliphatic heterocycles. The molecule has 9 nitrogen and oxygen atoms in total. The highest BCUT2D eigenvalue weighted by atomic mass is 19.4. The molecule has 0 N–H and O–H groups in total. The van der Waals surface area contributed by atoms with Crippen molar-refractivity contribution in [2.75, 3.05) is 20.3 Å². The monoisotopic (exact) mass is 540 g/mol. The number of pyridine rings is 1. The number of benzene rings is 1. The molecule has 0 spiro atoms. The SMILES string of the molecule is COc1ccnc([C@H](C)N2CCOc3c(cc(Cn4ccnc4C)cc3-c3cn(C)nc3C(F)(F)F)C2=O)c1. The molecular formula is C27H27F3N6O3. The molecule has 0 radical (unpaired) electrons. The average molecular weight is 541 g/mol. The lowest BCUT2D eigenvalue weighted by Crippen LogP contribution is -2.35. The summed E-state index contributed by atoms with van der Waals surface area (Å²) in [5.74, 6) is 1.05. The van der Waals surface area contributed by atoms with E-state index in [0.29, 0.717) is 23.6 Å². The third-order valence-corrected chi connectivity index (χ3v) is 6.77. The van der Waals surface area contributed by atoms with Gasteiger partial charge in [-0.3, -0.25) is 14.5 Å². The molecule has 39 heavy (non-hydrogen) atoms. The summed E-state index contributed by atoms with van der Waals surface area (Å²) >= 11 is 0. The Hall–Kier alpha value is -4.35. The molecule has 0 aliphatic carbocycles. The lowest BCUT2D eigenvalue weighted by atomic mass is 9.97. The third-order valence-electron chi connectivity index (χ3n) is 6.77. The highest BCUT2D eigenvalue weighted by Crippen LogP contribution is 2.43. The highest BCUT2D eigenvalue weighted by molar-refractivity contribution is 6.00. The molecule has 5 rings (SSSR count). The predicted molar refractivity (Wildman–Crippen MR) is 135 cm³/mol. The van der Waals surface area contributed by atoms with Crippen LogP contribution in [0.1, 0.15) is 46.1 Å². The van der Waals surface area contributed by atoms with E-state index in [9.17, 15) is 18.0 Å². The van der Waals surface area contributed by atoms with Crippen molar-refractivity contribution in [3.8, 4) is 22.6 Å². The van der Waals surface area contributed by atoms with E-state index in [4.69, 9.17) is 9.47 Å². The lowest BCUT2D eigenvalue weighted by molar-refractivity contribution is -0.140. The molecule has 0 unspecified atom stereocenters. The van der Waals surface area contributed by atoms with Gasteiger partial charge in [-0.25, -0.2) is 4.98 Å². The number of hydrogen-bond donors (Lipinski definition) is 0. The Kier molecular flexibility index (Phi) is 6.79. The minimum atomic E-state index is -4.70. The maximum Gasteiger partial charge on any atom is 0.435 e. The molecule has 4 aromatic rings. The molecule has 4 heterocycles. The van der Waals surface area contributed by atoms with Gasteiger partial charge in [-0.05, 0) is 37.6 Å². The molecule has 204 valence electrons. The number of nitrogens with zero attached hydrogens (tertiary/aromatic N) is 6. The number of rotatable bonds is 6. The summed E-state index contributed by atoms with van der Waals surface area (Å²) in [7, 11) is 2.97. The Labute approximate surface area is 222 Å². The van der Waals surface area contributed by atoms with Crippen LogP contribution in [0.4, 0.5) is 13.2 Å². The number of ether oxygens (including phenoxy) is 2. The van der Waals surface area contributed by atoms with Gasteiger partial charge >= 0.3 is 6.18 Å². The van der Waals surface area contributed by atoms with E-state index in [-0.39, 0.29) is 41.5 Å². The Morgan fingerprint density at radius 1 is 1.13 bits per heavy atom. The number of halogens is 3. The largest absolute Gasteiger partial charge is 0.497 e. The quantitative estimate of drug-likeness (QED) is 0.354. The fraction of sp³-hybridized carbons (Fsp3) is 0.333. The van der Waals surface area contributed by atoms with Crippen molar-refractivity contribution >= 4 is 5.91 Å². The number of aryl methyl sites for hydroxylation is 2. The van der Waals surface area contributed by atoms with Gasteiger partial charge in [-0.2, -0.15) is 18.3 Å². The summed E-state index contributed by atoms with van der Waals surface area (Å²) in [5, 5.41) is 3.67. The Bertz CT molecular complexity index is 1530. The number of fused-ring (bicyclic) bond motifs is 1. The van der Waals surface area contributed by atoms with Gasteiger partial charge in [0.15, 0.2) is 5.69 Å². The smallest absolute Gasteiger partial charge is 0.435 e. The van der Waals surface area contributed by atoms with Gasteiger partial charge in [0.2, 0.25) is 0 Å². The van der Waals surface area contributed by atoms with Crippen LogP contribution in [-0.2, 0) is 19.8 Å². The second-order valence-corrected chi connectivity index (χ2v) is 9.33. The molecule has 0 fully saturated rings. The minimum Gasteiger partial charge on any atom is -0.497 e. The summed E-state index contributed by atoms with van der Waals surface area (Å²) in [4.78, 5) is 24.3. The number of alkyl halides is 3. The Morgan fingerprint density at radius 3 is 2.59 bits per heavy atom. The molecule has 0 saturated carbocycles. The molecule has 1 amide bonds. The zero-order valence-corrected chi connectivity index (χ0v) is 21.9. The van der Waals surface area contributed by atoms with Crippen molar-refractivity contribution in [3.05, 3.63) is 77.4 Å². The van der Waals surface area contributed by atoms with E-state index in [1.54, 1.807) is 54.9 Å². The zero-order chi connectivity index (χ0) is 27.9. The van der Waals surface area contributed by atoms with Crippen LogP contribution in [0.15, 0.2) is 49.1 Å². The van der Waals surface area contributed by atoms with E-state index in [2.05, 4.69) is 15.1 Å². The van der Waals surface area contributed by atoms with E-state index in [1.165, 1.54) is 13.2 Å². The van der Waals surface area contributed by atoms with Crippen molar-refractivity contribution in [1.82, 2.24) is 29.2 Å². The first-order valence-electron chi connectivity index (χ1n) is 12.3. The molecule has 12 heteroatoms. The maximum absolute atomic E-state index is 14.0. The van der Waals surface area contributed by atoms with Crippen molar-refractivity contribution in [2.45, 2.75) is 32.6 Å². The number of methoxy groups -OCH3 is 1. The van der Waals surface area contributed by atoms with Gasteiger partial charge < -0.3 is 18.9 Å². The number of carbonyl (C=O) groups is 1. The molecule has 1 aliphatic rings. The van der Waals surface area contributed by atoms with Gasteiger partial charge in [-0.1, -0.05) is 0 Å². The molecular weight excluding hydrogens is 513 g/mol. The molecule has 0 bridgehead atoms. The van der Waals surface area contributed by atoms with Crippen molar-refractivity contribution in [2.24, 2.45) is 7.05 Å². The van der Waals surface area contributed by atoms with Crippen LogP contribution >= 0.6 is 0 Å². The average Bonchev–Trinajstić information content (AvgIpc) is 3.46. The normalized spacial score (nSPS) is 14.5. The topological polar surface area (TPSA) is 87.3 Å². The fourth-order valence-corrected chi connectivity index (χ4v) is 4.77. The van der Waals surface area contributed by atoms with E-state index in [1.807, 2.05) is 18.4 Å². The summed E-state index contributed by atoms with van der Waals surface area (Å²) < 4.78 is 56.3. The van der Waals surface area contributed by atoms with Crippen LogP contribution in [0.3, 0.4) is 0 Å².